The molecule has 0 spiro atoms. The van der Waals surface area contributed by atoms with Crippen LogP contribution in [0.25, 0.3) is 0 Å². The summed E-state index contributed by atoms with van der Waals surface area (Å²) in [5.41, 5.74) is 8.17. The Labute approximate surface area is 222 Å². The van der Waals surface area contributed by atoms with Crippen LogP contribution >= 0.6 is 0 Å². The van der Waals surface area contributed by atoms with Crippen LogP contribution in [0.1, 0.15) is 44.1 Å². The van der Waals surface area contributed by atoms with E-state index in [1.54, 1.807) is 54.6 Å². The Kier molecular flexibility index (Phi) is 7.67. The van der Waals surface area contributed by atoms with Gasteiger partial charge in [-0.15, -0.1) is 0 Å². The highest BCUT2D eigenvalue weighted by Gasteiger charge is 2.33. The molecule has 4 N–H and O–H groups in total. The van der Waals surface area contributed by atoms with Crippen molar-refractivity contribution in [3.05, 3.63) is 107 Å². The highest BCUT2D eigenvalue weighted by atomic mass is 19.4. The van der Waals surface area contributed by atoms with Gasteiger partial charge >= 0.3 is 6.18 Å². The maximum atomic E-state index is 13.3. The molecule has 4 aromatic rings. The first-order valence-electron chi connectivity index (χ1n) is 11.7. The molecule has 0 fully saturated rings. The van der Waals surface area contributed by atoms with Crippen LogP contribution in [0.2, 0.25) is 0 Å². The number of benzene rings is 2. The first kappa shape index (κ1) is 26.9. The Bertz CT molecular complexity index is 1650. The number of hydrogen-bond donors (Lipinski definition) is 3. The van der Waals surface area contributed by atoms with E-state index in [2.05, 4.69) is 37.2 Å². The van der Waals surface area contributed by atoms with Crippen molar-refractivity contribution in [2.24, 2.45) is 17.8 Å². The zero-order valence-corrected chi connectivity index (χ0v) is 21.3. The lowest BCUT2D eigenvalue weighted by molar-refractivity contribution is -0.138. The topological polar surface area (TPSA) is 114 Å². The number of amides is 1. The maximum Gasteiger partial charge on any atom is 0.416 e. The predicted molar refractivity (Wildman–Crippen MR) is 143 cm³/mol. The van der Waals surface area contributed by atoms with Crippen molar-refractivity contribution in [1.29, 1.82) is 0 Å². The molecule has 0 radical (unpaired) electrons. The molecule has 0 saturated carbocycles. The van der Waals surface area contributed by atoms with Gasteiger partial charge in [0.05, 0.1) is 24.2 Å². The fourth-order valence-corrected chi connectivity index (χ4v) is 3.62. The van der Waals surface area contributed by atoms with Gasteiger partial charge in [-0.25, -0.2) is 9.98 Å². The summed E-state index contributed by atoms with van der Waals surface area (Å²) in [5.74, 6) is 5.84. The third-order valence-corrected chi connectivity index (χ3v) is 5.65. The number of nitrogens with zero attached hydrogens (tertiary/aromatic N) is 4. The minimum Gasteiger partial charge on any atom is -0.405 e. The number of anilines is 1. The normalized spacial score (nSPS) is 11.9. The minimum absolute atomic E-state index is 0.0448. The molecule has 11 heteroatoms. The van der Waals surface area contributed by atoms with E-state index in [-0.39, 0.29) is 11.1 Å². The van der Waals surface area contributed by atoms with Crippen LogP contribution < -0.4 is 11.1 Å². The zero-order chi connectivity index (χ0) is 28.2. The molecule has 8 nitrogen and oxygen atoms in total. The summed E-state index contributed by atoms with van der Waals surface area (Å²) in [7, 11) is 1.78. The van der Waals surface area contributed by atoms with E-state index < -0.39 is 17.6 Å². The third-order valence-electron chi connectivity index (χ3n) is 5.65. The number of aliphatic imine (C=N–C) groups is 1. The summed E-state index contributed by atoms with van der Waals surface area (Å²) in [6.07, 6.45) is 3.32. The van der Waals surface area contributed by atoms with E-state index in [0.717, 1.165) is 11.6 Å². The fraction of sp³-hybridized carbons (Fsp3) is 0.143. The number of aryl methyl sites for hydroxylation is 3. The van der Waals surface area contributed by atoms with Crippen LogP contribution in [0.15, 0.2) is 72.3 Å². The molecule has 2 aromatic carbocycles. The fourth-order valence-electron chi connectivity index (χ4n) is 3.62. The number of hydrogen-bond acceptors (Lipinski definition) is 5. The Balaban J connectivity index is 1.54. The van der Waals surface area contributed by atoms with Gasteiger partial charge in [-0.3, -0.25) is 9.48 Å². The lowest BCUT2D eigenvalue weighted by Crippen LogP contribution is -2.15. The molecule has 0 aliphatic carbocycles. The lowest BCUT2D eigenvalue weighted by atomic mass is 10.0. The Morgan fingerprint density at radius 3 is 2.59 bits per heavy atom. The Morgan fingerprint density at radius 2 is 1.90 bits per heavy atom. The number of allylic oxidation sites excluding steroid dienone is 1. The van der Waals surface area contributed by atoms with E-state index in [9.17, 15) is 18.0 Å². The number of halogens is 3. The van der Waals surface area contributed by atoms with Gasteiger partial charge in [0.1, 0.15) is 17.1 Å². The highest BCUT2D eigenvalue weighted by molar-refractivity contribution is 6.07. The number of carbonyl (C=O) groups excluding carboxylic acids is 1. The number of rotatable bonds is 5. The van der Waals surface area contributed by atoms with Gasteiger partial charge < -0.3 is 16.0 Å². The van der Waals surface area contributed by atoms with Crippen LogP contribution in [0.3, 0.4) is 0 Å². The molecule has 4 rings (SSSR count). The molecule has 2 heterocycles. The molecule has 0 atom stereocenters. The SMILES string of the molecule is Cc1ccc(NC(=O)c2ccc(C)c(C(F)(F)F)c2)cc1C#Cc1cnc(C(C=CN)=Nc2cnn(C)c2)[nH]1. The quantitative estimate of drug-likeness (QED) is 0.248. The lowest BCUT2D eigenvalue weighted by Gasteiger charge is -2.12. The molecule has 0 saturated heterocycles. The smallest absolute Gasteiger partial charge is 0.405 e. The largest absolute Gasteiger partial charge is 0.416 e. The van der Waals surface area contributed by atoms with Gasteiger partial charge in [-0.05, 0) is 67.4 Å². The number of alkyl halides is 3. The Hall–Kier alpha value is -5.11. The molecule has 0 aliphatic heterocycles. The van der Waals surface area contributed by atoms with Gasteiger partial charge in [0.25, 0.3) is 5.91 Å². The van der Waals surface area contributed by atoms with Crippen molar-refractivity contribution >= 4 is 23.0 Å². The molecule has 0 aliphatic rings. The van der Waals surface area contributed by atoms with E-state index in [4.69, 9.17) is 5.73 Å². The summed E-state index contributed by atoms with van der Waals surface area (Å²) >= 11 is 0. The highest BCUT2D eigenvalue weighted by Crippen LogP contribution is 2.32. The summed E-state index contributed by atoms with van der Waals surface area (Å²) in [6.45, 7) is 3.20. The molecule has 2 aromatic heterocycles. The van der Waals surface area contributed by atoms with Gasteiger partial charge in [-0.1, -0.05) is 18.1 Å². The number of carbonyl (C=O) groups is 1. The standard InChI is InChI=1S/C28H24F3N7O/c1-17-5-8-21(37-27(39)20-6-4-18(2)24(13-20)28(29,30)31)12-19(17)7-9-22-14-33-26(36-22)25(10-11-32)35-23-15-34-38(3)16-23/h4-6,8,10-16H,32H2,1-3H3,(H,33,36)(H,37,39). The van der Waals surface area contributed by atoms with Crippen LogP contribution in [0.5, 0.6) is 0 Å². The van der Waals surface area contributed by atoms with Crippen LogP contribution in [0, 0.1) is 25.7 Å². The van der Waals surface area contributed by atoms with E-state index in [1.807, 2.05) is 6.92 Å². The van der Waals surface area contributed by atoms with Gasteiger partial charge in [0.2, 0.25) is 0 Å². The molecular weight excluding hydrogens is 507 g/mol. The molecule has 39 heavy (non-hydrogen) atoms. The van der Waals surface area contributed by atoms with Crippen LogP contribution in [0.4, 0.5) is 24.5 Å². The second-order valence-corrected chi connectivity index (χ2v) is 8.64. The number of aromatic amines is 1. The van der Waals surface area contributed by atoms with Crippen molar-refractivity contribution < 1.29 is 18.0 Å². The van der Waals surface area contributed by atoms with E-state index in [1.165, 1.54) is 25.3 Å². The number of imidazole rings is 1. The summed E-state index contributed by atoms with van der Waals surface area (Å²) in [5, 5.41) is 6.73. The minimum atomic E-state index is -4.55. The third kappa shape index (κ3) is 6.61. The second-order valence-electron chi connectivity index (χ2n) is 8.64. The van der Waals surface area contributed by atoms with Gasteiger partial charge in [0.15, 0.2) is 5.82 Å². The van der Waals surface area contributed by atoms with E-state index >= 15 is 0 Å². The summed E-state index contributed by atoms with van der Waals surface area (Å²) < 4.78 is 41.4. The Morgan fingerprint density at radius 1 is 1.13 bits per heavy atom. The molecule has 198 valence electrons. The van der Waals surface area contributed by atoms with Crippen molar-refractivity contribution in [1.82, 2.24) is 19.7 Å². The second kappa shape index (κ2) is 11.1. The molecule has 1 amide bonds. The maximum absolute atomic E-state index is 13.3. The van der Waals surface area contributed by atoms with Crippen LogP contribution in [-0.2, 0) is 13.2 Å². The van der Waals surface area contributed by atoms with Crippen LogP contribution in [-0.4, -0.2) is 31.4 Å². The molecule has 0 unspecified atom stereocenters. The zero-order valence-electron chi connectivity index (χ0n) is 21.3. The summed E-state index contributed by atoms with van der Waals surface area (Å²) in [4.78, 5) is 24.6. The number of nitrogens with two attached hydrogens (primary N) is 1. The number of aromatic nitrogens is 4. The van der Waals surface area contributed by atoms with Crippen molar-refractivity contribution in [2.75, 3.05) is 5.32 Å². The van der Waals surface area contributed by atoms with Crippen molar-refractivity contribution in [3.8, 4) is 11.8 Å². The predicted octanol–water partition coefficient (Wildman–Crippen LogP) is 5.02. The monoisotopic (exact) mass is 531 g/mol. The number of H-pyrrole nitrogens is 1. The first-order valence-corrected chi connectivity index (χ1v) is 11.7. The number of nitrogens with one attached hydrogen (secondary N) is 2. The summed E-state index contributed by atoms with van der Waals surface area (Å²) in [6, 6.07) is 8.56. The average Bonchev–Trinajstić information content (AvgIpc) is 3.52. The van der Waals surface area contributed by atoms with Gasteiger partial charge in [-0.2, -0.15) is 18.3 Å². The van der Waals surface area contributed by atoms with Crippen molar-refractivity contribution in [3.63, 3.8) is 0 Å². The average molecular weight is 532 g/mol. The van der Waals surface area contributed by atoms with Gasteiger partial charge in [0, 0.05) is 23.9 Å². The first-order chi connectivity index (χ1) is 18.5. The van der Waals surface area contributed by atoms with E-state index in [0.29, 0.717) is 34.2 Å². The molecular formula is C28H24F3N7O. The molecule has 0 bridgehead atoms. The van der Waals surface area contributed by atoms with Crippen molar-refractivity contribution in [2.45, 2.75) is 20.0 Å².